The predicted molar refractivity (Wildman–Crippen MR) is 111 cm³/mol. The van der Waals surface area contributed by atoms with Gasteiger partial charge in [-0.1, -0.05) is 23.7 Å². The number of halogens is 1. The molecule has 5 nitrogen and oxygen atoms in total. The van der Waals surface area contributed by atoms with Gasteiger partial charge >= 0.3 is 0 Å². The summed E-state index contributed by atoms with van der Waals surface area (Å²) in [7, 11) is 1.89. The van der Waals surface area contributed by atoms with E-state index in [1.807, 2.05) is 70.3 Å². The lowest BCUT2D eigenvalue weighted by molar-refractivity contribution is 0.0939. The van der Waals surface area contributed by atoms with Gasteiger partial charge in [0.05, 0.1) is 12.2 Å². The first kappa shape index (κ1) is 20.0. The van der Waals surface area contributed by atoms with Gasteiger partial charge in [-0.25, -0.2) is 0 Å². The average molecular weight is 398 g/mol. The number of nitrogens with one attached hydrogen (secondary N) is 1. The van der Waals surface area contributed by atoms with E-state index < -0.39 is 0 Å². The first-order chi connectivity index (χ1) is 13.3. The van der Waals surface area contributed by atoms with Gasteiger partial charge in [0.25, 0.3) is 5.91 Å². The summed E-state index contributed by atoms with van der Waals surface area (Å²) in [5.74, 6) is 0.654. The molecule has 1 atom stereocenters. The molecule has 0 saturated heterocycles. The first-order valence-electron chi connectivity index (χ1n) is 9.12. The molecule has 0 saturated carbocycles. The molecule has 0 radical (unpaired) electrons. The van der Waals surface area contributed by atoms with E-state index in [0.29, 0.717) is 12.2 Å². The van der Waals surface area contributed by atoms with Crippen LogP contribution < -0.4 is 10.1 Å². The second-order valence-corrected chi connectivity index (χ2v) is 7.31. The molecule has 1 N–H and O–H groups in total. The van der Waals surface area contributed by atoms with Crippen LogP contribution >= 0.6 is 11.6 Å². The van der Waals surface area contributed by atoms with Crippen LogP contribution in [0, 0.1) is 13.8 Å². The molecule has 28 heavy (non-hydrogen) atoms. The third kappa shape index (κ3) is 4.54. The van der Waals surface area contributed by atoms with Crippen molar-refractivity contribution in [3.63, 3.8) is 0 Å². The Morgan fingerprint density at radius 3 is 2.54 bits per heavy atom. The number of nitrogens with zero attached hydrogens (tertiary/aromatic N) is 2. The Kier molecular flexibility index (Phi) is 6.05. The van der Waals surface area contributed by atoms with Crippen LogP contribution in [-0.4, -0.2) is 15.7 Å². The number of carbonyl (C=O) groups excluding carboxylic acids is 1. The van der Waals surface area contributed by atoms with Crippen molar-refractivity contribution in [2.75, 3.05) is 0 Å². The van der Waals surface area contributed by atoms with Crippen molar-refractivity contribution < 1.29 is 9.53 Å². The highest BCUT2D eigenvalue weighted by molar-refractivity contribution is 6.31. The van der Waals surface area contributed by atoms with Crippen LogP contribution in [0.15, 0.2) is 48.7 Å². The number of aromatic nitrogens is 2. The summed E-state index contributed by atoms with van der Waals surface area (Å²) in [5, 5.41) is 7.97. The summed E-state index contributed by atoms with van der Waals surface area (Å²) in [6.07, 6.45) is 1.79. The molecule has 1 amide bonds. The Bertz CT molecular complexity index is 980. The number of ether oxygens (including phenoxy) is 1. The number of hydrogen-bond donors (Lipinski definition) is 1. The smallest absolute Gasteiger partial charge is 0.251 e. The largest absolute Gasteiger partial charge is 0.489 e. The van der Waals surface area contributed by atoms with Gasteiger partial charge in [0, 0.05) is 28.9 Å². The maximum absolute atomic E-state index is 12.5. The Balaban J connectivity index is 1.59. The van der Waals surface area contributed by atoms with Crippen molar-refractivity contribution >= 4 is 17.5 Å². The maximum Gasteiger partial charge on any atom is 0.251 e. The fourth-order valence-corrected chi connectivity index (χ4v) is 3.04. The van der Waals surface area contributed by atoms with Gasteiger partial charge in [-0.15, -0.1) is 0 Å². The fourth-order valence-electron chi connectivity index (χ4n) is 2.92. The van der Waals surface area contributed by atoms with Gasteiger partial charge in [-0.2, -0.15) is 5.10 Å². The van der Waals surface area contributed by atoms with Gasteiger partial charge < -0.3 is 10.1 Å². The molecule has 1 heterocycles. The molecule has 0 aliphatic carbocycles. The number of aryl methyl sites for hydroxylation is 2. The first-order valence-corrected chi connectivity index (χ1v) is 9.50. The zero-order chi connectivity index (χ0) is 20.3. The SMILES string of the molecule is Cc1cc(OCc2ccc(C(=O)NC(C)c3cnn(C)c3C)cc2)ccc1Cl. The number of benzene rings is 2. The van der Waals surface area contributed by atoms with Crippen LogP contribution in [0.5, 0.6) is 5.75 Å². The Hall–Kier alpha value is -2.79. The van der Waals surface area contributed by atoms with E-state index in [4.69, 9.17) is 16.3 Å². The van der Waals surface area contributed by atoms with E-state index in [1.165, 1.54) is 0 Å². The minimum atomic E-state index is -0.114. The lowest BCUT2D eigenvalue weighted by atomic mass is 10.1. The topological polar surface area (TPSA) is 56.1 Å². The third-order valence-electron chi connectivity index (χ3n) is 4.84. The molecule has 0 aliphatic heterocycles. The number of amides is 1. The molecule has 0 bridgehead atoms. The molecule has 3 rings (SSSR count). The molecule has 1 aromatic heterocycles. The van der Waals surface area contributed by atoms with Crippen molar-refractivity contribution in [1.29, 1.82) is 0 Å². The molecular weight excluding hydrogens is 374 g/mol. The van der Waals surface area contributed by atoms with Gasteiger partial charge in [-0.05, 0) is 62.2 Å². The molecule has 6 heteroatoms. The highest BCUT2D eigenvalue weighted by Crippen LogP contribution is 2.22. The highest BCUT2D eigenvalue weighted by Gasteiger charge is 2.15. The normalized spacial score (nSPS) is 11.9. The van der Waals surface area contributed by atoms with Crippen LogP contribution in [-0.2, 0) is 13.7 Å². The average Bonchev–Trinajstić information content (AvgIpc) is 3.02. The summed E-state index contributed by atoms with van der Waals surface area (Å²) in [4.78, 5) is 12.5. The van der Waals surface area contributed by atoms with E-state index in [2.05, 4.69) is 10.4 Å². The molecule has 1 unspecified atom stereocenters. The lowest BCUT2D eigenvalue weighted by Gasteiger charge is -2.14. The highest BCUT2D eigenvalue weighted by atomic mass is 35.5. The summed E-state index contributed by atoms with van der Waals surface area (Å²) >= 11 is 6.03. The van der Waals surface area contributed by atoms with E-state index in [9.17, 15) is 4.79 Å². The third-order valence-corrected chi connectivity index (χ3v) is 5.26. The second-order valence-electron chi connectivity index (χ2n) is 6.90. The molecule has 3 aromatic rings. The van der Waals surface area contributed by atoms with Crippen molar-refractivity contribution in [2.24, 2.45) is 7.05 Å². The number of hydrogen-bond acceptors (Lipinski definition) is 3. The zero-order valence-electron chi connectivity index (χ0n) is 16.5. The quantitative estimate of drug-likeness (QED) is 0.652. The molecular formula is C22H24ClN3O2. The summed E-state index contributed by atoms with van der Waals surface area (Å²) < 4.78 is 7.60. The van der Waals surface area contributed by atoms with E-state index in [0.717, 1.165) is 33.2 Å². The van der Waals surface area contributed by atoms with Gasteiger partial charge in [-0.3, -0.25) is 9.48 Å². The molecule has 146 valence electrons. The summed E-state index contributed by atoms with van der Waals surface area (Å²) in [5.41, 5.74) is 4.63. The summed E-state index contributed by atoms with van der Waals surface area (Å²) in [6.45, 7) is 6.31. The second kappa shape index (κ2) is 8.48. The minimum Gasteiger partial charge on any atom is -0.489 e. The maximum atomic E-state index is 12.5. The molecule has 0 spiro atoms. The Morgan fingerprint density at radius 2 is 1.93 bits per heavy atom. The monoisotopic (exact) mass is 397 g/mol. The van der Waals surface area contributed by atoms with Gasteiger partial charge in [0.1, 0.15) is 12.4 Å². The van der Waals surface area contributed by atoms with Gasteiger partial charge in [0.2, 0.25) is 0 Å². The minimum absolute atomic E-state index is 0.114. The van der Waals surface area contributed by atoms with Gasteiger partial charge in [0.15, 0.2) is 0 Å². The summed E-state index contributed by atoms with van der Waals surface area (Å²) in [6, 6.07) is 12.9. The van der Waals surface area contributed by atoms with E-state index in [-0.39, 0.29) is 11.9 Å². The van der Waals surface area contributed by atoms with Crippen LogP contribution in [0.4, 0.5) is 0 Å². The molecule has 0 aliphatic rings. The zero-order valence-corrected chi connectivity index (χ0v) is 17.2. The fraction of sp³-hybridized carbons (Fsp3) is 0.273. The Labute approximate surface area is 170 Å². The Morgan fingerprint density at radius 1 is 1.21 bits per heavy atom. The van der Waals surface area contributed by atoms with Crippen LogP contribution in [0.25, 0.3) is 0 Å². The van der Waals surface area contributed by atoms with Crippen molar-refractivity contribution in [1.82, 2.24) is 15.1 Å². The molecule has 2 aromatic carbocycles. The predicted octanol–water partition coefficient (Wildman–Crippen LogP) is 4.76. The van der Waals surface area contributed by atoms with E-state index >= 15 is 0 Å². The van der Waals surface area contributed by atoms with Crippen LogP contribution in [0.3, 0.4) is 0 Å². The number of rotatable bonds is 6. The number of carbonyl (C=O) groups is 1. The standard InChI is InChI=1S/C22H24ClN3O2/c1-14-11-19(9-10-21(14)23)28-13-17-5-7-18(8-6-17)22(27)25-15(2)20-12-24-26(4)16(20)3/h5-12,15H,13H2,1-4H3,(H,25,27). The van der Waals surface area contributed by atoms with Crippen LogP contribution in [0.2, 0.25) is 5.02 Å². The van der Waals surface area contributed by atoms with Crippen molar-refractivity contribution in [2.45, 2.75) is 33.4 Å². The lowest BCUT2D eigenvalue weighted by Crippen LogP contribution is -2.26. The van der Waals surface area contributed by atoms with Crippen LogP contribution in [0.1, 0.15) is 45.7 Å². The van der Waals surface area contributed by atoms with Crippen molar-refractivity contribution in [3.8, 4) is 5.75 Å². The van der Waals surface area contributed by atoms with Crippen molar-refractivity contribution in [3.05, 3.63) is 81.6 Å². The molecule has 0 fully saturated rings. The van der Waals surface area contributed by atoms with E-state index in [1.54, 1.807) is 10.9 Å².